The molecule has 4 aromatic rings. The number of hydrogen-bond donors (Lipinski definition) is 1. The summed E-state index contributed by atoms with van der Waals surface area (Å²) in [4.78, 5) is 23.0. The molecule has 1 aliphatic heterocycles. The molecule has 1 saturated heterocycles. The molecular formula is C24H25N5O3. The molecule has 0 saturated carbocycles. The Hall–Kier alpha value is -3.49. The van der Waals surface area contributed by atoms with Crippen LogP contribution in [0.25, 0.3) is 21.9 Å². The summed E-state index contributed by atoms with van der Waals surface area (Å²) < 4.78 is 12.2. The first-order valence-electron chi connectivity index (χ1n) is 10.6. The Morgan fingerprint density at radius 3 is 2.88 bits per heavy atom. The largest absolute Gasteiger partial charge is 0.496 e. The number of ether oxygens (including phenoxy) is 2. The number of morpholine rings is 1. The summed E-state index contributed by atoms with van der Waals surface area (Å²) in [5, 5.41) is 5.32. The van der Waals surface area contributed by atoms with Crippen LogP contribution in [0, 0.1) is 6.92 Å². The highest BCUT2D eigenvalue weighted by atomic mass is 16.5. The van der Waals surface area contributed by atoms with Gasteiger partial charge < -0.3 is 14.5 Å². The van der Waals surface area contributed by atoms with Crippen LogP contribution in [0.4, 0.5) is 0 Å². The summed E-state index contributed by atoms with van der Waals surface area (Å²) in [6.07, 6.45) is 3.14. The zero-order chi connectivity index (χ0) is 22.1. The van der Waals surface area contributed by atoms with Gasteiger partial charge in [-0.1, -0.05) is 11.6 Å². The van der Waals surface area contributed by atoms with Gasteiger partial charge in [0.1, 0.15) is 23.1 Å². The molecule has 0 unspecified atom stereocenters. The number of nitrogens with one attached hydrogen (secondary N) is 1. The maximum Gasteiger partial charge on any atom is 0.298 e. The van der Waals surface area contributed by atoms with Gasteiger partial charge in [0.2, 0.25) is 0 Å². The Labute approximate surface area is 185 Å². The fraction of sp³-hybridized carbons (Fsp3) is 0.292. The van der Waals surface area contributed by atoms with Gasteiger partial charge in [0.25, 0.3) is 5.56 Å². The van der Waals surface area contributed by atoms with Crippen LogP contribution in [-0.4, -0.2) is 59.2 Å². The van der Waals surface area contributed by atoms with Crippen LogP contribution < -0.4 is 10.3 Å². The van der Waals surface area contributed by atoms with Gasteiger partial charge in [-0.3, -0.25) is 9.69 Å². The van der Waals surface area contributed by atoms with Crippen molar-refractivity contribution in [3.63, 3.8) is 0 Å². The number of aromatic nitrogens is 3. The maximum atomic E-state index is 13.0. The Bertz CT molecular complexity index is 1370. The maximum absolute atomic E-state index is 13.0. The molecule has 32 heavy (non-hydrogen) atoms. The minimum atomic E-state index is -0.234. The minimum absolute atomic E-state index is 0.234. The molecule has 2 aromatic carbocycles. The average Bonchev–Trinajstić information content (AvgIpc) is 3.18. The molecule has 1 fully saturated rings. The summed E-state index contributed by atoms with van der Waals surface area (Å²) in [6, 6.07) is 11.9. The lowest BCUT2D eigenvalue weighted by Gasteiger charge is -2.27. The third-order valence-corrected chi connectivity index (χ3v) is 5.78. The second-order valence-corrected chi connectivity index (χ2v) is 8.00. The summed E-state index contributed by atoms with van der Waals surface area (Å²) in [5.74, 6) is 0.835. The van der Waals surface area contributed by atoms with Gasteiger partial charge in [0.05, 0.1) is 26.5 Å². The van der Waals surface area contributed by atoms with Gasteiger partial charge >= 0.3 is 0 Å². The standard InChI is InChI=1S/C24H25N5O3/c1-16-3-5-20-19(11-16)22-23(27-20)24(30)29(15-25-22)26-13-17-4-6-21(31-2)18(12-17)14-28-7-9-32-10-8-28/h3-6,11-13,15,27H,7-10,14H2,1-2H3/b26-13+. The minimum Gasteiger partial charge on any atom is -0.496 e. The molecule has 8 nitrogen and oxygen atoms in total. The van der Waals surface area contributed by atoms with E-state index in [1.165, 1.54) is 11.0 Å². The van der Waals surface area contributed by atoms with Crippen LogP contribution in [0.15, 0.2) is 52.6 Å². The van der Waals surface area contributed by atoms with Crippen molar-refractivity contribution in [3.8, 4) is 5.75 Å². The number of hydrogen-bond acceptors (Lipinski definition) is 6. The van der Waals surface area contributed by atoms with E-state index in [1.54, 1.807) is 13.3 Å². The zero-order valence-electron chi connectivity index (χ0n) is 18.2. The Kier molecular flexibility index (Phi) is 5.46. The van der Waals surface area contributed by atoms with E-state index < -0.39 is 0 Å². The molecule has 1 aliphatic rings. The third kappa shape index (κ3) is 3.90. The number of H-pyrrole nitrogens is 1. The number of rotatable bonds is 5. The summed E-state index contributed by atoms with van der Waals surface area (Å²) in [6.45, 7) is 6.08. The van der Waals surface area contributed by atoms with Crippen LogP contribution in [0.3, 0.4) is 0 Å². The van der Waals surface area contributed by atoms with Gasteiger partial charge in [0.15, 0.2) is 0 Å². The number of aromatic amines is 1. The van der Waals surface area contributed by atoms with E-state index in [9.17, 15) is 4.79 Å². The van der Waals surface area contributed by atoms with Gasteiger partial charge in [-0.05, 0) is 42.8 Å². The van der Waals surface area contributed by atoms with Gasteiger partial charge in [-0.25, -0.2) is 4.98 Å². The van der Waals surface area contributed by atoms with Crippen molar-refractivity contribution in [2.24, 2.45) is 5.10 Å². The lowest BCUT2D eigenvalue weighted by Crippen LogP contribution is -2.35. The molecule has 2 aromatic heterocycles. The Morgan fingerprint density at radius 1 is 1.22 bits per heavy atom. The second-order valence-electron chi connectivity index (χ2n) is 8.00. The molecule has 164 valence electrons. The molecule has 0 spiro atoms. The highest BCUT2D eigenvalue weighted by Gasteiger charge is 2.14. The van der Waals surface area contributed by atoms with E-state index in [-0.39, 0.29) is 5.56 Å². The second kappa shape index (κ2) is 8.57. The highest BCUT2D eigenvalue weighted by molar-refractivity contribution is 6.04. The molecule has 0 bridgehead atoms. The van der Waals surface area contributed by atoms with Crippen molar-refractivity contribution in [2.45, 2.75) is 13.5 Å². The van der Waals surface area contributed by atoms with Crippen molar-refractivity contribution in [1.82, 2.24) is 19.5 Å². The number of aryl methyl sites for hydroxylation is 1. The molecule has 3 heterocycles. The van der Waals surface area contributed by atoms with E-state index >= 15 is 0 Å². The topological polar surface area (TPSA) is 84.7 Å². The van der Waals surface area contributed by atoms with Crippen LogP contribution >= 0.6 is 0 Å². The molecule has 8 heteroatoms. The fourth-order valence-electron chi connectivity index (χ4n) is 4.07. The Morgan fingerprint density at radius 2 is 2.06 bits per heavy atom. The van der Waals surface area contributed by atoms with Crippen molar-refractivity contribution in [1.29, 1.82) is 0 Å². The highest BCUT2D eigenvalue weighted by Crippen LogP contribution is 2.23. The van der Waals surface area contributed by atoms with Crippen LogP contribution in [0.2, 0.25) is 0 Å². The third-order valence-electron chi connectivity index (χ3n) is 5.78. The zero-order valence-corrected chi connectivity index (χ0v) is 18.2. The van der Waals surface area contributed by atoms with Gasteiger partial charge in [-0.2, -0.15) is 9.78 Å². The number of nitrogens with zero attached hydrogens (tertiary/aromatic N) is 4. The van der Waals surface area contributed by atoms with Crippen molar-refractivity contribution in [3.05, 3.63) is 69.8 Å². The molecular weight excluding hydrogens is 406 g/mol. The molecule has 0 aliphatic carbocycles. The summed E-state index contributed by atoms with van der Waals surface area (Å²) in [5.41, 5.74) is 4.85. The monoisotopic (exact) mass is 431 g/mol. The van der Waals surface area contributed by atoms with Gasteiger partial charge in [-0.15, -0.1) is 0 Å². The van der Waals surface area contributed by atoms with E-state index in [4.69, 9.17) is 9.47 Å². The first-order valence-corrected chi connectivity index (χ1v) is 10.6. The van der Waals surface area contributed by atoms with Crippen LogP contribution in [0.1, 0.15) is 16.7 Å². The first kappa shape index (κ1) is 20.4. The summed E-state index contributed by atoms with van der Waals surface area (Å²) >= 11 is 0. The van der Waals surface area contributed by atoms with Gasteiger partial charge in [0, 0.05) is 36.1 Å². The van der Waals surface area contributed by atoms with Crippen molar-refractivity contribution >= 4 is 28.2 Å². The SMILES string of the molecule is COc1ccc(/C=N/n2cnc3c([nH]c4ccc(C)cc43)c2=O)cc1CN1CCOCC1. The lowest BCUT2D eigenvalue weighted by atomic mass is 10.1. The summed E-state index contributed by atoms with van der Waals surface area (Å²) in [7, 11) is 1.67. The Balaban J connectivity index is 1.45. The molecule has 1 N–H and O–H groups in total. The first-order chi connectivity index (χ1) is 15.6. The number of methoxy groups -OCH3 is 1. The molecule has 0 amide bonds. The average molecular weight is 431 g/mol. The number of benzene rings is 2. The van der Waals surface area contributed by atoms with Crippen molar-refractivity contribution < 1.29 is 9.47 Å². The lowest BCUT2D eigenvalue weighted by molar-refractivity contribution is 0.0339. The number of fused-ring (bicyclic) bond motifs is 3. The van der Waals surface area contributed by atoms with Crippen LogP contribution in [-0.2, 0) is 11.3 Å². The molecule has 5 rings (SSSR count). The predicted octanol–water partition coefficient (Wildman–Crippen LogP) is 2.91. The van der Waals surface area contributed by atoms with E-state index in [0.717, 1.165) is 66.2 Å². The van der Waals surface area contributed by atoms with E-state index in [0.29, 0.717) is 11.0 Å². The van der Waals surface area contributed by atoms with E-state index in [2.05, 4.69) is 20.0 Å². The fourth-order valence-corrected chi connectivity index (χ4v) is 4.07. The normalized spacial score (nSPS) is 15.2. The smallest absolute Gasteiger partial charge is 0.298 e. The predicted molar refractivity (Wildman–Crippen MR) is 125 cm³/mol. The molecule has 0 radical (unpaired) electrons. The molecule has 0 atom stereocenters. The van der Waals surface area contributed by atoms with Crippen molar-refractivity contribution in [2.75, 3.05) is 33.4 Å². The van der Waals surface area contributed by atoms with Crippen LogP contribution in [0.5, 0.6) is 5.75 Å². The van der Waals surface area contributed by atoms with E-state index in [1.807, 2.05) is 43.3 Å². The quantitative estimate of drug-likeness (QED) is 0.491.